The van der Waals surface area contributed by atoms with E-state index in [4.69, 9.17) is 11.6 Å². The number of halogens is 1. The molecule has 0 aliphatic rings. The monoisotopic (exact) mass is 370 g/mol. The highest BCUT2D eigenvalue weighted by atomic mass is 35.5. The van der Waals surface area contributed by atoms with Crippen molar-refractivity contribution in [3.05, 3.63) is 69.2 Å². The fourth-order valence-electron chi connectivity index (χ4n) is 2.52. The summed E-state index contributed by atoms with van der Waals surface area (Å²) in [6, 6.07) is 9.01. The van der Waals surface area contributed by atoms with Gasteiger partial charge >= 0.3 is 0 Å². The molecule has 0 atom stereocenters. The van der Waals surface area contributed by atoms with Gasteiger partial charge in [0.15, 0.2) is 0 Å². The molecule has 0 fully saturated rings. The third-order valence-corrected chi connectivity index (χ3v) is 4.50. The average molecular weight is 371 g/mol. The number of amides is 2. The lowest BCUT2D eigenvalue weighted by Crippen LogP contribution is -2.22. The zero-order valence-electron chi connectivity index (χ0n) is 15.7. The molecule has 26 heavy (non-hydrogen) atoms. The molecule has 0 spiro atoms. The molecule has 0 aromatic heterocycles. The first-order valence-electron chi connectivity index (χ1n) is 8.27. The summed E-state index contributed by atoms with van der Waals surface area (Å²) in [5.41, 5.74) is 5.39. The van der Waals surface area contributed by atoms with Crippen molar-refractivity contribution in [3.8, 4) is 0 Å². The normalized spacial score (nSPS) is 10.8. The van der Waals surface area contributed by atoms with Gasteiger partial charge in [0.1, 0.15) is 0 Å². The fraction of sp³-hybridized carbons (Fsp3) is 0.238. The summed E-state index contributed by atoms with van der Waals surface area (Å²) >= 11 is 6.08. The van der Waals surface area contributed by atoms with Crippen LogP contribution in [0.4, 0.5) is 5.69 Å². The van der Waals surface area contributed by atoms with E-state index in [2.05, 4.69) is 24.4 Å². The highest BCUT2D eigenvalue weighted by Crippen LogP contribution is 2.22. The Morgan fingerprint density at radius 3 is 2.31 bits per heavy atom. The highest BCUT2D eigenvalue weighted by molar-refractivity contribution is 6.34. The van der Waals surface area contributed by atoms with Crippen LogP contribution in [-0.4, -0.2) is 30.8 Å². The van der Waals surface area contributed by atoms with E-state index in [1.807, 2.05) is 13.8 Å². The lowest BCUT2D eigenvalue weighted by molar-refractivity contribution is -0.111. The van der Waals surface area contributed by atoms with Gasteiger partial charge in [-0.05, 0) is 67.3 Å². The van der Waals surface area contributed by atoms with E-state index in [9.17, 15) is 9.59 Å². The van der Waals surface area contributed by atoms with Crippen LogP contribution < -0.4 is 5.32 Å². The lowest BCUT2D eigenvalue weighted by atomic mass is 10.0. The number of carbonyl (C=O) groups excluding carboxylic acids is 2. The van der Waals surface area contributed by atoms with Crippen molar-refractivity contribution in [1.29, 1.82) is 0 Å². The second-order valence-corrected chi connectivity index (χ2v) is 6.92. The fourth-order valence-corrected chi connectivity index (χ4v) is 2.72. The molecule has 0 aliphatic carbocycles. The summed E-state index contributed by atoms with van der Waals surface area (Å²) in [4.78, 5) is 25.8. The molecule has 2 amide bonds. The molecular weight excluding hydrogens is 348 g/mol. The Morgan fingerprint density at radius 2 is 1.65 bits per heavy atom. The Morgan fingerprint density at radius 1 is 1.00 bits per heavy atom. The minimum atomic E-state index is -0.270. The van der Waals surface area contributed by atoms with E-state index < -0.39 is 0 Å². The van der Waals surface area contributed by atoms with Crippen LogP contribution in [0.5, 0.6) is 0 Å². The summed E-state index contributed by atoms with van der Waals surface area (Å²) in [5, 5.41) is 3.11. The maximum Gasteiger partial charge on any atom is 0.254 e. The van der Waals surface area contributed by atoms with Gasteiger partial charge in [0.25, 0.3) is 5.91 Å². The summed E-state index contributed by atoms with van der Waals surface area (Å²) in [6.45, 7) is 6.13. The topological polar surface area (TPSA) is 49.4 Å². The number of hydrogen-bond donors (Lipinski definition) is 1. The average Bonchev–Trinajstić information content (AvgIpc) is 2.58. The first kappa shape index (κ1) is 19.7. The van der Waals surface area contributed by atoms with Gasteiger partial charge in [-0.2, -0.15) is 0 Å². The second-order valence-electron chi connectivity index (χ2n) is 6.51. The molecular formula is C21H23ClN2O2. The van der Waals surface area contributed by atoms with E-state index in [-0.39, 0.29) is 11.8 Å². The van der Waals surface area contributed by atoms with Gasteiger partial charge < -0.3 is 10.2 Å². The maximum absolute atomic E-state index is 12.2. The van der Waals surface area contributed by atoms with Crippen molar-refractivity contribution < 1.29 is 9.59 Å². The van der Waals surface area contributed by atoms with Crippen LogP contribution in [0.3, 0.4) is 0 Å². The molecule has 2 aromatic carbocycles. The first-order valence-corrected chi connectivity index (χ1v) is 8.65. The molecule has 136 valence electrons. The molecule has 4 nitrogen and oxygen atoms in total. The van der Waals surface area contributed by atoms with E-state index in [1.165, 1.54) is 22.1 Å². The molecule has 1 N–H and O–H groups in total. The summed E-state index contributed by atoms with van der Waals surface area (Å²) in [5.74, 6) is -0.486. The van der Waals surface area contributed by atoms with Crippen LogP contribution in [0.1, 0.15) is 32.6 Å². The molecule has 0 saturated heterocycles. The smallest absolute Gasteiger partial charge is 0.254 e. The standard InChI is InChI=1S/C21H23ClN2O2/c1-13-10-15(3)16(11-14(13)2)6-9-20(25)23-17-7-8-19(22)18(12-17)21(26)24(4)5/h6-12H,1-5H3,(H,23,25)/b9-6+. The predicted octanol–water partition coefficient (Wildman–Crippen LogP) is 4.62. The number of rotatable bonds is 4. The Bertz CT molecular complexity index is 886. The van der Waals surface area contributed by atoms with E-state index in [0.29, 0.717) is 16.3 Å². The Balaban J connectivity index is 2.17. The molecule has 0 saturated carbocycles. The van der Waals surface area contributed by atoms with Gasteiger partial charge in [-0.25, -0.2) is 0 Å². The highest BCUT2D eigenvalue weighted by Gasteiger charge is 2.13. The first-order chi connectivity index (χ1) is 12.2. The van der Waals surface area contributed by atoms with Crippen molar-refractivity contribution in [1.82, 2.24) is 4.90 Å². The number of nitrogens with one attached hydrogen (secondary N) is 1. The van der Waals surface area contributed by atoms with Crippen LogP contribution in [0.2, 0.25) is 5.02 Å². The quantitative estimate of drug-likeness (QED) is 0.798. The third kappa shape index (κ3) is 4.73. The van der Waals surface area contributed by atoms with Crippen LogP contribution in [0.15, 0.2) is 36.4 Å². The molecule has 5 heteroatoms. The SMILES string of the molecule is Cc1cc(C)c(/C=C/C(=O)Nc2ccc(Cl)c(C(=O)N(C)C)c2)cc1C. The molecule has 0 radical (unpaired) electrons. The van der Waals surface area contributed by atoms with Gasteiger partial charge in [-0.3, -0.25) is 9.59 Å². The summed E-state index contributed by atoms with van der Waals surface area (Å²) in [6.07, 6.45) is 3.28. The van der Waals surface area contributed by atoms with E-state index in [1.54, 1.807) is 38.4 Å². The zero-order chi connectivity index (χ0) is 19.4. The third-order valence-electron chi connectivity index (χ3n) is 4.17. The Kier molecular flexibility index (Phi) is 6.22. The number of aryl methyl sites for hydroxylation is 3. The van der Waals surface area contributed by atoms with E-state index in [0.717, 1.165) is 11.1 Å². The summed E-state index contributed by atoms with van der Waals surface area (Å²) in [7, 11) is 3.30. The number of carbonyl (C=O) groups is 2. The van der Waals surface area contributed by atoms with Crippen LogP contribution in [0.25, 0.3) is 6.08 Å². The van der Waals surface area contributed by atoms with Gasteiger partial charge in [-0.15, -0.1) is 0 Å². The van der Waals surface area contributed by atoms with Crippen molar-refractivity contribution in [3.63, 3.8) is 0 Å². The van der Waals surface area contributed by atoms with Crippen molar-refractivity contribution in [2.75, 3.05) is 19.4 Å². The number of nitrogens with zero attached hydrogens (tertiary/aromatic N) is 1. The van der Waals surface area contributed by atoms with Crippen LogP contribution >= 0.6 is 11.6 Å². The van der Waals surface area contributed by atoms with Gasteiger partial charge in [-0.1, -0.05) is 23.7 Å². The van der Waals surface area contributed by atoms with Crippen LogP contribution in [0, 0.1) is 20.8 Å². The van der Waals surface area contributed by atoms with Gasteiger partial charge in [0.2, 0.25) is 5.91 Å². The van der Waals surface area contributed by atoms with Crippen molar-refractivity contribution in [2.24, 2.45) is 0 Å². The second kappa shape index (κ2) is 8.19. The number of anilines is 1. The molecule has 2 rings (SSSR count). The minimum Gasteiger partial charge on any atom is -0.345 e. The zero-order valence-corrected chi connectivity index (χ0v) is 16.4. The lowest BCUT2D eigenvalue weighted by Gasteiger charge is -2.13. The summed E-state index contributed by atoms with van der Waals surface area (Å²) < 4.78 is 0. The number of hydrogen-bond acceptors (Lipinski definition) is 2. The van der Waals surface area contributed by atoms with Gasteiger partial charge in [0.05, 0.1) is 10.6 Å². The van der Waals surface area contributed by atoms with Crippen molar-refractivity contribution >= 4 is 35.2 Å². The molecule has 2 aromatic rings. The van der Waals surface area contributed by atoms with Crippen LogP contribution in [-0.2, 0) is 4.79 Å². The Labute approximate surface area is 159 Å². The van der Waals surface area contributed by atoms with E-state index >= 15 is 0 Å². The van der Waals surface area contributed by atoms with Crippen molar-refractivity contribution in [2.45, 2.75) is 20.8 Å². The molecule has 0 aliphatic heterocycles. The molecule has 0 heterocycles. The largest absolute Gasteiger partial charge is 0.345 e. The predicted molar refractivity (Wildman–Crippen MR) is 108 cm³/mol. The minimum absolute atomic E-state index is 0.215. The van der Waals surface area contributed by atoms with Gasteiger partial charge in [0, 0.05) is 25.9 Å². The molecule has 0 bridgehead atoms. The Hall–Kier alpha value is -2.59. The number of benzene rings is 2. The molecule has 0 unspecified atom stereocenters. The maximum atomic E-state index is 12.2.